The zero-order chi connectivity index (χ0) is 14.7. The molecule has 0 atom stereocenters. The number of nitrogens with one attached hydrogen (secondary N) is 1. The van der Waals surface area contributed by atoms with Crippen molar-refractivity contribution in [2.75, 3.05) is 0 Å². The number of guanidine groups is 1. The summed E-state index contributed by atoms with van der Waals surface area (Å²) in [6, 6.07) is 0. The van der Waals surface area contributed by atoms with Crippen LogP contribution in [0.25, 0.3) is 0 Å². The van der Waals surface area contributed by atoms with Crippen molar-refractivity contribution in [1.82, 2.24) is 4.90 Å². The molecule has 0 rings (SSSR count). The van der Waals surface area contributed by atoms with Crippen molar-refractivity contribution < 1.29 is 19.1 Å². The van der Waals surface area contributed by atoms with E-state index in [2.05, 4.69) is 0 Å². The standard InChI is InChI=1S/C11H21N3O4/c1-10(2,3)17-8(15)14(7(12)13)9(16)18-11(4,5)6/h1-6H3,(H3,12,13). The summed E-state index contributed by atoms with van der Waals surface area (Å²) in [7, 11) is 0. The summed E-state index contributed by atoms with van der Waals surface area (Å²) in [6.07, 6.45) is -2.08. The van der Waals surface area contributed by atoms with E-state index in [4.69, 9.17) is 20.6 Å². The lowest BCUT2D eigenvalue weighted by Gasteiger charge is -2.27. The minimum atomic E-state index is -1.04. The molecule has 0 aliphatic rings. The first kappa shape index (κ1) is 16.2. The Morgan fingerprint density at radius 3 is 1.39 bits per heavy atom. The van der Waals surface area contributed by atoms with Crippen molar-refractivity contribution in [3.63, 3.8) is 0 Å². The fourth-order valence-corrected chi connectivity index (χ4v) is 0.886. The average molecular weight is 259 g/mol. The summed E-state index contributed by atoms with van der Waals surface area (Å²) < 4.78 is 9.92. The minimum absolute atomic E-state index is 0.344. The Kier molecular flexibility index (Phi) is 4.72. The molecule has 0 bridgehead atoms. The lowest BCUT2D eigenvalue weighted by atomic mass is 10.2. The fourth-order valence-electron chi connectivity index (χ4n) is 0.886. The molecule has 0 saturated heterocycles. The monoisotopic (exact) mass is 259 g/mol. The van der Waals surface area contributed by atoms with Crippen LogP contribution in [0.1, 0.15) is 41.5 Å². The summed E-state index contributed by atoms with van der Waals surface area (Å²) in [4.78, 5) is 23.8. The number of imide groups is 1. The molecule has 0 aromatic heterocycles. The van der Waals surface area contributed by atoms with Crippen molar-refractivity contribution in [2.24, 2.45) is 5.73 Å². The maximum Gasteiger partial charge on any atom is 0.426 e. The van der Waals surface area contributed by atoms with Gasteiger partial charge in [0.15, 0.2) is 0 Å². The largest absolute Gasteiger partial charge is 0.443 e. The highest BCUT2D eigenvalue weighted by molar-refractivity contribution is 6.06. The topological polar surface area (TPSA) is 106 Å². The molecule has 0 unspecified atom stereocenters. The molecular formula is C11H21N3O4. The van der Waals surface area contributed by atoms with Crippen LogP contribution >= 0.6 is 0 Å². The molecule has 0 heterocycles. The van der Waals surface area contributed by atoms with Gasteiger partial charge in [-0.3, -0.25) is 5.41 Å². The molecule has 0 radical (unpaired) electrons. The van der Waals surface area contributed by atoms with E-state index in [1.54, 1.807) is 41.5 Å². The molecule has 0 spiro atoms. The van der Waals surface area contributed by atoms with Crippen LogP contribution in [-0.2, 0) is 9.47 Å². The zero-order valence-electron chi connectivity index (χ0n) is 11.7. The highest BCUT2D eigenvalue weighted by Crippen LogP contribution is 2.13. The fraction of sp³-hybridized carbons (Fsp3) is 0.727. The van der Waals surface area contributed by atoms with E-state index in [1.807, 2.05) is 0 Å². The van der Waals surface area contributed by atoms with E-state index in [9.17, 15) is 9.59 Å². The molecule has 18 heavy (non-hydrogen) atoms. The van der Waals surface area contributed by atoms with Gasteiger partial charge in [-0.2, -0.15) is 0 Å². The summed E-state index contributed by atoms with van der Waals surface area (Å²) in [5.74, 6) is -0.751. The van der Waals surface area contributed by atoms with Crippen LogP contribution in [0, 0.1) is 5.41 Å². The molecule has 3 N–H and O–H groups in total. The van der Waals surface area contributed by atoms with Crippen LogP contribution < -0.4 is 5.73 Å². The zero-order valence-corrected chi connectivity index (χ0v) is 11.7. The van der Waals surface area contributed by atoms with Crippen molar-refractivity contribution >= 4 is 18.1 Å². The maximum absolute atomic E-state index is 11.7. The molecule has 104 valence electrons. The first-order valence-electron chi connectivity index (χ1n) is 5.43. The van der Waals surface area contributed by atoms with Gasteiger partial charge < -0.3 is 15.2 Å². The third-order valence-corrected chi connectivity index (χ3v) is 1.39. The van der Waals surface area contributed by atoms with Gasteiger partial charge >= 0.3 is 12.2 Å². The Morgan fingerprint density at radius 1 is 0.944 bits per heavy atom. The van der Waals surface area contributed by atoms with Crippen LogP contribution in [-0.4, -0.2) is 34.2 Å². The van der Waals surface area contributed by atoms with Crippen LogP contribution in [0.2, 0.25) is 0 Å². The van der Waals surface area contributed by atoms with E-state index in [1.165, 1.54) is 0 Å². The van der Waals surface area contributed by atoms with Crippen molar-refractivity contribution in [2.45, 2.75) is 52.7 Å². The van der Waals surface area contributed by atoms with E-state index < -0.39 is 29.3 Å². The lowest BCUT2D eigenvalue weighted by Crippen LogP contribution is -2.49. The smallest absolute Gasteiger partial charge is 0.426 e. The van der Waals surface area contributed by atoms with Crippen molar-refractivity contribution in [3.8, 4) is 0 Å². The average Bonchev–Trinajstić information content (AvgIpc) is 1.93. The van der Waals surface area contributed by atoms with Gasteiger partial charge in [0.05, 0.1) is 0 Å². The third-order valence-electron chi connectivity index (χ3n) is 1.39. The number of carbonyl (C=O) groups is 2. The van der Waals surface area contributed by atoms with Crippen LogP contribution in [0.5, 0.6) is 0 Å². The lowest BCUT2D eigenvalue weighted by molar-refractivity contribution is 0.0144. The Balaban J connectivity index is 4.93. The van der Waals surface area contributed by atoms with E-state index in [0.29, 0.717) is 4.90 Å². The molecule has 0 aromatic rings. The second-order valence-electron chi connectivity index (χ2n) is 5.68. The summed E-state index contributed by atoms with van der Waals surface area (Å²) in [6.45, 7) is 9.82. The molecule has 0 fully saturated rings. The summed E-state index contributed by atoms with van der Waals surface area (Å²) >= 11 is 0. The van der Waals surface area contributed by atoms with Gasteiger partial charge in [0.1, 0.15) is 11.2 Å². The van der Waals surface area contributed by atoms with Crippen LogP contribution in [0.4, 0.5) is 9.59 Å². The van der Waals surface area contributed by atoms with Gasteiger partial charge in [0.2, 0.25) is 5.96 Å². The first-order valence-corrected chi connectivity index (χ1v) is 5.43. The molecule has 0 aliphatic carbocycles. The van der Waals surface area contributed by atoms with Gasteiger partial charge in [0, 0.05) is 0 Å². The number of carbonyl (C=O) groups excluding carboxylic acids is 2. The quantitative estimate of drug-likeness (QED) is 0.511. The Hall–Kier alpha value is -1.79. The summed E-state index contributed by atoms with van der Waals surface area (Å²) in [5.41, 5.74) is 3.59. The highest BCUT2D eigenvalue weighted by Gasteiger charge is 2.33. The van der Waals surface area contributed by atoms with Gasteiger partial charge in [-0.15, -0.1) is 4.90 Å². The van der Waals surface area contributed by atoms with Gasteiger partial charge in [-0.1, -0.05) is 0 Å². The first-order chi connectivity index (χ1) is 7.83. The molecule has 0 aromatic carbocycles. The molecule has 7 nitrogen and oxygen atoms in total. The number of hydrogen-bond donors (Lipinski definition) is 2. The Bertz CT molecular complexity index is 324. The second kappa shape index (κ2) is 5.24. The van der Waals surface area contributed by atoms with E-state index in [-0.39, 0.29) is 0 Å². The third kappa shape index (κ3) is 6.07. The number of rotatable bonds is 0. The number of amides is 2. The predicted octanol–water partition coefficient (Wildman–Crippen LogP) is 2.05. The van der Waals surface area contributed by atoms with Gasteiger partial charge in [-0.25, -0.2) is 9.59 Å². The predicted molar refractivity (Wildman–Crippen MR) is 66.2 cm³/mol. The number of nitrogens with zero attached hydrogens (tertiary/aromatic N) is 1. The van der Waals surface area contributed by atoms with E-state index >= 15 is 0 Å². The second-order valence-corrected chi connectivity index (χ2v) is 5.68. The number of hydrogen-bond acceptors (Lipinski definition) is 5. The number of ether oxygens (including phenoxy) is 2. The Labute approximate surface area is 107 Å². The SMILES string of the molecule is CC(C)(C)OC(=O)N(C(=N)N)C(=O)OC(C)(C)C. The molecule has 0 aliphatic heterocycles. The molecule has 0 saturated carbocycles. The van der Waals surface area contributed by atoms with Gasteiger partial charge in [0.25, 0.3) is 0 Å². The minimum Gasteiger partial charge on any atom is -0.443 e. The number of nitrogens with two attached hydrogens (primary N) is 1. The van der Waals surface area contributed by atoms with Crippen molar-refractivity contribution in [3.05, 3.63) is 0 Å². The normalized spacial score (nSPS) is 11.7. The Morgan fingerprint density at radius 2 is 1.22 bits per heavy atom. The molecule has 7 heteroatoms. The van der Waals surface area contributed by atoms with Crippen LogP contribution in [0.15, 0.2) is 0 Å². The van der Waals surface area contributed by atoms with E-state index in [0.717, 1.165) is 0 Å². The molecular weight excluding hydrogens is 238 g/mol. The maximum atomic E-state index is 11.7. The van der Waals surface area contributed by atoms with Gasteiger partial charge in [-0.05, 0) is 41.5 Å². The summed E-state index contributed by atoms with van der Waals surface area (Å²) in [5, 5.41) is 7.23. The highest BCUT2D eigenvalue weighted by atomic mass is 16.6. The van der Waals surface area contributed by atoms with Crippen molar-refractivity contribution in [1.29, 1.82) is 5.41 Å². The van der Waals surface area contributed by atoms with Crippen LogP contribution in [0.3, 0.4) is 0 Å². The molecule has 2 amide bonds.